The molecule has 2 aromatic rings. The first-order valence-electron chi connectivity index (χ1n) is 12.2. The zero-order chi connectivity index (χ0) is 27.9. The first-order chi connectivity index (χ1) is 18.0. The van der Waals surface area contributed by atoms with Gasteiger partial charge in [0.15, 0.2) is 0 Å². The molecule has 0 bridgehead atoms. The molecule has 3 N–H and O–H groups in total. The summed E-state index contributed by atoms with van der Waals surface area (Å²) in [5, 5.41) is 19.9. The van der Waals surface area contributed by atoms with Crippen LogP contribution in [0, 0.1) is 0 Å². The number of carboxylic acids is 2. The summed E-state index contributed by atoms with van der Waals surface area (Å²) in [6, 6.07) is 12.5. The Balaban J connectivity index is 0.000000505. The van der Waals surface area contributed by atoms with Gasteiger partial charge in [0.25, 0.3) is 5.91 Å². The number of carbonyl (C=O) groups excluding carboxylic acids is 1. The molecule has 206 valence electrons. The van der Waals surface area contributed by atoms with Crippen LogP contribution in [0.3, 0.4) is 0 Å². The molecule has 2 heterocycles. The van der Waals surface area contributed by atoms with E-state index in [1.54, 1.807) is 36.4 Å². The summed E-state index contributed by atoms with van der Waals surface area (Å²) in [5.41, 5.74) is 1.54. The van der Waals surface area contributed by atoms with Crippen molar-refractivity contribution in [3.63, 3.8) is 0 Å². The quantitative estimate of drug-likeness (QED) is 0.454. The molecule has 2 aliphatic rings. The Bertz CT molecular complexity index is 1150. The van der Waals surface area contributed by atoms with E-state index >= 15 is 0 Å². The molecule has 0 atom stereocenters. The first-order valence-corrected chi connectivity index (χ1v) is 12.6. The van der Waals surface area contributed by atoms with Crippen LogP contribution in [0.1, 0.15) is 52.8 Å². The maximum Gasteiger partial charge on any atom is 0.490 e. The summed E-state index contributed by atoms with van der Waals surface area (Å²) in [6.07, 6.45) is 1.03. The Morgan fingerprint density at radius 1 is 0.895 bits per heavy atom. The number of nitrogens with one attached hydrogen (secondary N) is 1. The molecule has 2 aliphatic heterocycles. The Hall–Kier alpha value is -3.31. The van der Waals surface area contributed by atoms with E-state index in [0.29, 0.717) is 16.6 Å². The van der Waals surface area contributed by atoms with Crippen molar-refractivity contribution in [3.05, 3.63) is 58.6 Å². The molecule has 0 unspecified atom stereocenters. The van der Waals surface area contributed by atoms with Crippen molar-refractivity contribution in [1.82, 2.24) is 4.90 Å². The molecule has 12 heteroatoms. The van der Waals surface area contributed by atoms with Crippen LogP contribution in [-0.4, -0.2) is 71.4 Å². The average Bonchev–Trinajstić information content (AvgIpc) is 2.89. The number of anilines is 2. The van der Waals surface area contributed by atoms with Crippen molar-refractivity contribution in [3.8, 4) is 0 Å². The summed E-state index contributed by atoms with van der Waals surface area (Å²) in [7, 11) is 0. The summed E-state index contributed by atoms with van der Waals surface area (Å²) >= 11 is 6.10. The fraction of sp³-hybridized carbons (Fsp3) is 0.423. The van der Waals surface area contributed by atoms with Gasteiger partial charge in [0.05, 0.1) is 21.8 Å². The largest absolute Gasteiger partial charge is 0.490 e. The Morgan fingerprint density at radius 2 is 1.50 bits per heavy atom. The number of carboxylic acid groups (broad SMARTS) is 2. The van der Waals surface area contributed by atoms with Gasteiger partial charge in [0.1, 0.15) is 0 Å². The van der Waals surface area contributed by atoms with Gasteiger partial charge in [0, 0.05) is 24.8 Å². The predicted octanol–water partition coefficient (Wildman–Crippen LogP) is 5.38. The smallest absolute Gasteiger partial charge is 0.478 e. The fourth-order valence-corrected chi connectivity index (χ4v) is 4.84. The van der Waals surface area contributed by atoms with E-state index in [1.165, 1.54) is 32.4 Å². The van der Waals surface area contributed by atoms with Gasteiger partial charge in [-0.2, -0.15) is 13.2 Å². The number of aromatic carboxylic acids is 1. The normalized spacial score (nSPS) is 16.8. The van der Waals surface area contributed by atoms with E-state index in [4.69, 9.17) is 21.5 Å². The number of piperidine rings is 2. The second-order valence-electron chi connectivity index (χ2n) is 9.09. The maximum atomic E-state index is 12.6. The maximum absolute atomic E-state index is 12.6. The molecule has 0 radical (unpaired) electrons. The van der Waals surface area contributed by atoms with Gasteiger partial charge < -0.3 is 25.3 Å². The molecule has 4 rings (SSSR count). The standard InChI is InChI=1S/C24H28ClN3O3.C2HF3O2/c25-21-7-3-2-6-19(21)23(29)26-22-9-8-18(16-20(22)24(30)31)28-14-10-17(11-15-28)27-12-4-1-5-13-27;3-2(4,5)1(6)7/h2-3,6-9,16-17H,1,4-5,10-15H2,(H,26,29)(H,30,31);(H,6,7). The monoisotopic (exact) mass is 555 g/mol. The van der Waals surface area contributed by atoms with Crippen molar-refractivity contribution in [2.24, 2.45) is 0 Å². The highest BCUT2D eigenvalue weighted by Gasteiger charge is 2.38. The van der Waals surface area contributed by atoms with Crippen LogP contribution in [0.15, 0.2) is 42.5 Å². The molecule has 2 fully saturated rings. The van der Waals surface area contributed by atoms with Crippen molar-refractivity contribution in [2.75, 3.05) is 36.4 Å². The molecule has 38 heavy (non-hydrogen) atoms. The second-order valence-corrected chi connectivity index (χ2v) is 9.49. The van der Waals surface area contributed by atoms with Crippen molar-refractivity contribution < 1.29 is 37.8 Å². The molecule has 1 amide bonds. The second kappa shape index (κ2) is 13.0. The van der Waals surface area contributed by atoms with E-state index in [-0.39, 0.29) is 11.3 Å². The van der Waals surface area contributed by atoms with Crippen LogP contribution < -0.4 is 10.2 Å². The summed E-state index contributed by atoms with van der Waals surface area (Å²) in [6.45, 7) is 4.22. The Labute approximate surface area is 223 Å². The average molecular weight is 556 g/mol. The highest BCUT2D eigenvalue weighted by Crippen LogP contribution is 2.29. The van der Waals surface area contributed by atoms with Gasteiger partial charge in [-0.05, 0) is 69.1 Å². The topological polar surface area (TPSA) is 110 Å². The van der Waals surface area contributed by atoms with Gasteiger partial charge in [0.2, 0.25) is 0 Å². The third-order valence-electron chi connectivity index (χ3n) is 6.58. The minimum Gasteiger partial charge on any atom is -0.478 e. The molecule has 0 aliphatic carbocycles. The van der Waals surface area contributed by atoms with Gasteiger partial charge >= 0.3 is 18.1 Å². The van der Waals surface area contributed by atoms with E-state index in [9.17, 15) is 27.9 Å². The first kappa shape index (κ1) is 29.2. The molecule has 0 aromatic heterocycles. The number of hydrogen-bond acceptors (Lipinski definition) is 5. The predicted molar refractivity (Wildman–Crippen MR) is 137 cm³/mol. The number of likely N-dealkylation sites (tertiary alicyclic amines) is 1. The molecule has 0 spiro atoms. The van der Waals surface area contributed by atoms with Gasteiger partial charge in [-0.3, -0.25) is 4.79 Å². The lowest BCUT2D eigenvalue weighted by Gasteiger charge is -2.41. The Kier molecular flexibility index (Phi) is 9.98. The van der Waals surface area contributed by atoms with E-state index in [2.05, 4.69) is 15.1 Å². The van der Waals surface area contributed by atoms with E-state index in [1.807, 2.05) is 6.07 Å². The van der Waals surface area contributed by atoms with E-state index in [0.717, 1.165) is 31.6 Å². The zero-order valence-corrected chi connectivity index (χ0v) is 21.3. The zero-order valence-electron chi connectivity index (χ0n) is 20.5. The van der Waals surface area contributed by atoms with Crippen LogP contribution in [0.25, 0.3) is 0 Å². The summed E-state index contributed by atoms with van der Waals surface area (Å²) < 4.78 is 31.7. The summed E-state index contributed by atoms with van der Waals surface area (Å²) in [4.78, 5) is 38.2. The number of halogens is 4. The van der Waals surface area contributed by atoms with Crippen LogP contribution in [-0.2, 0) is 4.79 Å². The molecule has 2 saturated heterocycles. The number of amides is 1. The van der Waals surface area contributed by atoms with Crippen LogP contribution in [0.4, 0.5) is 24.5 Å². The third-order valence-corrected chi connectivity index (χ3v) is 6.91. The SMILES string of the molecule is O=C(Nc1ccc(N2CCC(N3CCCCC3)CC2)cc1C(=O)O)c1ccccc1Cl.O=C(O)C(F)(F)F. The highest BCUT2D eigenvalue weighted by atomic mass is 35.5. The van der Waals surface area contributed by atoms with Crippen molar-refractivity contribution >= 4 is 40.8 Å². The number of aliphatic carboxylic acids is 1. The fourth-order valence-electron chi connectivity index (χ4n) is 4.62. The van der Waals surface area contributed by atoms with Crippen LogP contribution in [0.2, 0.25) is 5.02 Å². The number of carbonyl (C=O) groups is 3. The minimum atomic E-state index is -5.08. The molecule has 8 nitrogen and oxygen atoms in total. The van der Waals surface area contributed by atoms with Crippen LogP contribution in [0.5, 0.6) is 0 Å². The lowest BCUT2D eigenvalue weighted by molar-refractivity contribution is -0.192. The number of rotatable bonds is 5. The highest BCUT2D eigenvalue weighted by molar-refractivity contribution is 6.34. The molecule has 2 aromatic carbocycles. The number of hydrogen-bond donors (Lipinski definition) is 3. The minimum absolute atomic E-state index is 0.0797. The molecular weight excluding hydrogens is 527 g/mol. The number of alkyl halides is 3. The van der Waals surface area contributed by atoms with Gasteiger partial charge in [-0.15, -0.1) is 0 Å². The van der Waals surface area contributed by atoms with Gasteiger partial charge in [-0.1, -0.05) is 30.2 Å². The van der Waals surface area contributed by atoms with Crippen LogP contribution >= 0.6 is 11.6 Å². The van der Waals surface area contributed by atoms with Gasteiger partial charge in [-0.25, -0.2) is 9.59 Å². The third kappa shape index (κ3) is 7.84. The number of nitrogens with zero attached hydrogens (tertiary/aromatic N) is 2. The molecule has 0 saturated carbocycles. The Morgan fingerprint density at radius 3 is 2.05 bits per heavy atom. The lowest BCUT2D eigenvalue weighted by Crippen LogP contribution is -2.46. The number of benzene rings is 2. The van der Waals surface area contributed by atoms with Crippen molar-refractivity contribution in [2.45, 2.75) is 44.3 Å². The molecular formula is C26H29ClF3N3O5. The van der Waals surface area contributed by atoms with Crippen molar-refractivity contribution in [1.29, 1.82) is 0 Å². The lowest BCUT2D eigenvalue weighted by atomic mass is 9.99. The summed E-state index contributed by atoms with van der Waals surface area (Å²) in [5.74, 6) is -4.25. The van der Waals surface area contributed by atoms with E-state index < -0.39 is 24.0 Å².